The van der Waals surface area contributed by atoms with Crippen LogP contribution in [0.3, 0.4) is 0 Å². The average molecular weight is 385 g/mol. The molecule has 7 nitrogen and oxygen atoms in total. The van der Waals surface area contributed by atoms with Crippen molar-refractivity contribution in [3.63, 3.8) is 0 Å². The van der Waals surface area contributed by atoms with E-state index in [0.29, 0.717) is 5.56 Å². The van der Waals surface area contributed by atoms with E-state index in [2.05, 4.69) is 51.0 Å². The molecule has 0 amide bonds. The number of allylic oxidation sites excluding steroid dienone is 1. The van der Waals surface area contributed by atoms with Gasteiger partial charge in [-0.1, -0.05) is 12.1 Å². The highest BCUT2D eigenvalue weighted by Crippen LogP contribution is 2.31. The number of benzene rings is 1. The summed E-state index contributed by atoms with van der Waals surface area (Å²) >= 11 is 0. The van der Waals surface area contributed by atoms with Crippen LogP contribution in [0, 0.1) is 16.7 Å². The molecule has 3 heterocycles. The number of hydrogen-bond acceptors (Lipinski definition) is 6. The number of pyridine rings is 1. The SMILES string of the molecule is CN/C=C(\C=N)c1cc(-c2ccc(N3CCNCC3)cc2)c2c(C#N)cnn2c1. The van der Waals surface area contributed by atoms with Crippen molar-refractivity contribution in [3.05, 3.63) is 60.1 Å². The zero-order chi connectivity index (χ0) is 20.2. The largest absolute Gasteiger partial charge is 0.393 e. The lowest BCUT2D eigenvalue weighted by atomic mass is 9.99. The lowest BCUT2D eigenvalue weighted by Gasteiger charge is -2.29. The van der Waals surface area contributed by atoms with Gasteiger partial charge in [0, 0.05) is 74.2 Å². The predicted molar refractivity (Wildman–Crippen MR) is 116 cm³/mol. The number of piperazine rings is 1. The van der Waals surface area contributed by atoms with Crippen molar-refractivity contribution >= 4 is 23.0 Å². The molecule has 0 saturated carbocycles. The second kappa shape index (κ2) is 8.17. The maximum Gasteiger partial charge on any atom is 0.103 e. The molecule has 1 aromatic carbocycles. The van der Waals surface area contributed by atoms with Gasteiger partial charge >= 0.3 is 0 Å². The fourth-order valence-electron chi connectivity index (χ4n) is 3.72. The van der Waals surface area contributed by atoms with Gasteiger partial charge < -0.3 is 20.9 Å². The molecule has 146 valence electrons. The summed E-state index contributed by atoms with van der Waals surface area (Å²) in [6, 6.07) is 12.7. The minimum absolute atomic E-state index is 0.534. The van der Waals surface area contributed by atoms with E-state index in [0.717, 1.165) is 54.0 Å². The molecule has 2 aromatic heterocycles. The van der Waals surface area contributed by atoms with Crippen LogP contribution in [0.2, 0.25) is 0 Å². The molecule has 3 aromatic rings. The average Bonchev–Trinajstić information content (AvgIpc) is 3.21. The molecule has 1 fully saturated rings. The van der Waals surface area contributed by atoms with Crippen LogP contribution < -0.4 is 15.5 Å². The van der Waals surface area contributed by atoms with Crippen LogP contribution in [-0.4, -0.2) is 49.1 Å². The smallest absolute Gasteiger partial charge is 0.103 e. The monoisotopic (exact) mass is 385 g/mol. The molecule has 0 bridgehead atoms. The van der Waals surface area contributed by atoms with Gasteiger partial charge in [0.1, 0.15) is 6.07 Å². The van der Waals surface area contributed by atoms with E-state index in [1.54, 1.807) is 24.0 Å². The molecule has 7 heteroatoms. The van der Waals surface area contributed by atoms with Gasteiger partial charge in [0.2, 0.25) is 0 Å². The number of nitrogens with one attached hydrogen (secondary N) is 3. The lowest BCUT2D eigenvalue weighted by Crippen LogP contribution is -2.43. The summed E-state index contributed by atoms with van der Waals surface area (Å²) in [6.45, 7) is 3.99. The molecule has 1 aliphatic rings. The van der Waals surface area contributed by atoms with Crippen molar-refractivity contribution in [1.82, 2.24) is 20.2 Å². The Hall–Kier alpha value is -3.63. The molecule has 1 aliphatic heterocycles. The fourth-order valence-corrected chi connectivity index (χ4v) is 3.72. The van der Waals surface area contributed by atoms with Gasteiger partial charge in [-0.05, 0) is 23.8 Å². The number of aromatic nitrogens is 2. The Morgan fingerprint density at radius 2 is 2.03 bits per heavy atom. The van der Waals surface area contributed by atoms with E-state index in [1.165, 1.54) is 11.9 Å². The van der Waals surface area contributed by atoms with Crippen molar-refractivity contribution in [2.45, 2.75) is 0 Å². The van der Waals surface area contributed by atoms with Crippen molar-refractivity contribution < 1.29 is 0 Å². The maximum atomic E-state index is 9.55. The van der Waals surface area contributed by atoms with Gasteiger partial charge in [0.05, 0.1) is 17.3 Å². The van der Waals surface area contributed by atoms with Crippen LogP contribution in [0.5, 0.6) is 0 Å². The van der Waals surface area contributed by atoms with Crippen LogP contribution in [0.1, 0.15) is 11.1 Å². The van der Waals surface area contributed by atoms with Crippen molar-refractivity contribution in [2.75, 3.05) is 38.1 Å². The van der Waals surface area contributed by atoms with E-state index in [9.17, 15) is 5.26 Å². The second-order valence-corrected chi connectivity index (χ2v) is 6.92. The Bertz CT molecular complexity index is 1100. The van der Waals surface area contributed by atoms with Crippen LogP contribution >= 0.6 is 0 Å². The summed E-state index contributed by atoms with van der Waals surface area (Å²) in [5.41, 5.74) is 6.05. The fraction of sp³-hybridized carbons (Fsp3) is 0.227. The van der Waals surface area contributed by atoms with Gasteiger partial charge in [-0.2, -0.15) is 10.4 Å². The molecule has 0 unspecified atom stereocenters. The highest BCUT2D eigenvalue weighted by atomic mass is 15.2. The first-order chi connectivity index (χ1) is 14.2. The summed E-state index contributed by atoms with van der Waals surface area (Å²) in [7, 11) is 1.81. The molecule has 1 saturated heterocycles. The quantitative estimate of drug-likeness (QED) is 0.587. The van der Waals surface area contributed by atoms with Crippen molar-refractivity contribution in [2.24, 2.45) is 0 Å². The summed E-state index contributed by atoms with van der Waals surface area (Å²) in [6.07, 6.45) is 6.52. The lowest BCUT2D eigenvalue weighted by molar-refractivity contribution is 0.589. The second-order valence-electron chi connectivity index (χ2n) is 6.92. The van der Waals surface area contributed by atoms with E-state index >= 15 is 0 Å². The van der Waals surface area contributed by atoms with E-state index in [-0.39, 0.29) is 0 Å². The molecule has 3 N–H and O–H groups in total. The van der Waals surface area contributed by atoms with Gasteiger partial charge in [-0.15, -0.1) is 0 Å². The van der Waals surface area contributed by atoms with Gasteiger partial charge in [0.15, 0.2) is 0 Å². The third-order valence-corrected chi connectivity index (χ3v) is 5.18. The Morgan fingerprint density at radius 1 is 1.28 bits per heavy atom. The third-order valence-electron chi connectivity index (χ3n) is 5.18. The number of anilines is 1. The predicted octanol–water partition coefficient (Wildman–Crippen LogP) is 2.49. The van der Waals surface area contributed by atoms with E-state index in [4.69, 9.17) is 5.41 Å². The number of fused-ring (bicyclic) bond motifs is 1. The Kier molecular flexibility index (Phi) is 5.27. The first kappa shape index (κ1) is 18.7. The molecule has 29 heavy (non-hydrogen) atoms. The number of nitrogens with zero attached hydrogens (tertiary/aromatic N) is 4. The normalized spacial score (nSPS) is 14.6. The topological polar surface area (TPSA) is 92.2 Å². The van der Waals surface area contributed by atoms with Gasteiger partial charge in [0.25, 0.3) is 0 Å². The molecule has 0 spiro atoms. The zero-order valence-electron chi connectivity index (χ0n) is 16.3. The Balaban J connectivity index is 1.82. The first-order valence-corrected chi connectivity index (χ1v) is 9.61. The number of hydrogen-bond donors (Lipinski definition) is 3. The summed E-state index contributed by atoms with van der Waals surface area (Å²) in [5, 5.41) is 28.0. The highest BCUT2D eigenvalue weighted by Gasteiger charge is 2.15. The van der Waals surface area contributed by atoms with Crippen LogP contribution in [-0.2, 0) is 0 Å². The summed E-state index contributed by atoms with van der Waals surface area (Å²) < 4.78 is 1.72. The standard InChI is InChI=1S/C22H23N7/c1-25-13-18(11-23)17-10-21(22-19(12-24)14-27-29(22)15-17)16-2-4-20(5-3-16)28-8-6-26-7-9-28/h2-5,10-11,13-15,23,25-26H,6-9H2,1H3/b18-13+,23-11?. The van der Waals surface area contributed by atoms with E-state index < -0.39 is 0 Å². The molecule has 0 radical (unpaired) electrons. The third kappa shape index (κ3) is 3.58. The van der Waals surface area contributed by atoms with Crippen LogP contribution in [0.15, 0.2) is 48.9 Å². The van der Waals surface area contributed by atoms with Crippen molar-refractivity contribution in [1.29, 1.82) is 10.7 Å². The molecule has 0 aliphatic carbocycles. The highest BCUT2D eigenvalue weighted by molar-refractivity contribution is 6.08. The van der Waals surface area contributed by atoms with Crippen molar-refractivity contribution in [3.8, 4) is 17.2 Å². The van der Waals surface area contributed by atoms with Gasteiger partial charge in [-0.3, -0.25) is 0 Å². The minimum Gasteiger partial charge on any atom is -0.393 e. The van der Waals surface area contributed by atoms with Gasteiger partial charge in [-0.25, -0.2) is 4.52 Å². The number of nitriles is 1. The van der Waals surface area contributed by atoms with Crippen LogP contribution in [0.25, 0.3) is 22.2 Å². The molecular weight excluding hydrogens is 362 g/mol. The Labute approximate surface area is 169 Å². The zero-order valence-corrected chi connectivity index (χ0v) is 16.3. The number of rotatable bonds is 5. The molecule has 4 rings (SSSR count). The molecular formula is C22H23N7. The van der Waals surface area contributed by atoms with Crippen LogP contribution in [0.4, 0.5) is 5.69 Å². The first-order valence-electron chi connectivity index (χ1n) is 9.61. The Morgan fingerprint density at radius 3 is 2.69 bits per heavy atom. The molecule has 0 atom stereocenters. The van der Waals surface area contributed by atoms with E-state index in [1.807, 2.05) is 12.3 Å². The summed E-state index contributed by atoms with van der Waals surface area (Å²) in [5.74, 6) is 0. The maximum absolute atomic E-state index is 9.55. The summed E-state index contributed by atoms with van der Waals surface area (Å²) in [4.78, 5) is 2.37. The minimum atomic E-state index is 0.534.